The van der Waals surface area contributed by atoms with Crippen molar-refractivity contribution in [2.24, 2.45) is 5.34 Å². The smallest absolute Gasteiger partial charge is 0.152 e. The first kappa shape index (κ1) is 9.37. The molecule has 0 spiro atoms. The highest BCUT2D eigenvalue weighted by Gasteiger charge is 2.26. The molecule has 2 aliphatic heterocycles. The topological polar surface area (TPSA) is 84.0 Å². The fourth-order valence-electron chi connectivity index (χ4n) is 0.659. The van der Waals surface area contributed by atoms with E-state index in [1.165, 1.54) is 5.34 Å². The summed E-state index contributed by atoms with van der Waals surface area (Å²) >= 11 is 0. The fraction of sp³-hybridized carbons (Fsp3) is 1.00. The summed E-state index contributed by atoms with van der Waals surface area (Å²) in [5.74, 6) is 0. The number of epoxide rings is 2. The zero-order valence-electron chi connectivity index (χ0n) is 6.51. The van der Waals surface area contributed by atoms with E-state index in [0.717, 1.165) is 26.4 Å². The maximum atomic E-state index is 8.11. The zero-order chi connectivity index (χ0) is 8.81. The second kappa shape index (κ2) is 5.02. The lowest BCUT2D eigenvalue weighted by atomic mass is 10.5. The van der Waals surface area contributed by atoms with Crippen LogP contribution in [0.25, 0.3) is 0 Å². The summed E-state index contributed by atoms with van der Waals surface area (Å²) in [6.45, 7) is 3.26. The van der Waals surface area contributed by atoms with Gasteiger partial charge in [-0.25, -0.2) is 0 Å². The molecule has 2 saturated heterocycles. The Balaban J connectivity index is 0.000000213. The average Bonchev–Trinajstić information content (AvgIpc) is 2.82. The van der Waals surface area contributed by atoms with Crippen LogP contribution < -0.4 is 0 Å². The monoisotopic (exact) mass is 177 g/mol. The van der Waals surface area contributed by atoms with E-state index in [1.54, 1.807) is 0 Å². The summed E-state index contributed by atoms with van der Waals surface area (Å²) in [5.41, 5.74) is 0. The summed E-state index contributed by atoms with van der Waals surface area (Å²) in [5, 5.41) is 7.89. The predicted molar refractivity (Wildman–Crippen MR) is 37.9 cm³/mol. The second-order valence-electron chi connectivity index (χ2n) is 2.53. The van der Waals surface area contributed by atoms with E-state index >= 15 is 0 Å². The Morgan fingerprint density at radius 1 is 1.33 bits per heavy atom. The minimum atomic E-state index is 0.392. The van der Waals surface area contributed by atoms with Gasteiger partial charge in [0.2, 0.25) is 0 Å². The maximum absolute atomic E-state index is 8.11. The number of nitrogens with zero attached hydrogens (tertiary/aromatic N) is 1. The van der Waals surface area contributed by atoms with E-state index in [1.807, 2.05) is 0 Å². The van der Waals surface area contributed by atoms with E-state index in [-0.39, 0.29) is 0 Å². The molecule has 12 heavy (non-hydrogen) atoms. The molecule has 2 rings (SSSR count). The van der Waals surface area contributed by atoms with E-state index in [9.17, 15) is 0 Å². The molecule has 0 aromatic carbocycles. The second-order valence-corrected chi connectivity index (χ2v) is 2.53. The first-order chi connectivity index (χ1) is 5.86. The summed E-state index contributed by atoms with van der Waals surface area (Å²) in [4.78, 5) is 8.11. The fourth-order valence-corrected chi connectivity index (χ4v) is 0.659. The van der Waals surface area contributed by atoms with Crippen LogP contribution in [0.2, 0.25) is 0 Å². The quantitative estimate of drug-likeness (QED) is 0.369. The van der Waals surface area contributed by atoms with Gasteiger partial charge >= 0.3 is 0 Å². The van der Waals surface area contributed by atoms with Gasteiger partial charge in [-0.15, -0.1) is 4.91 Å². The Kier molecular flexibility index (Phi) is 3.92. The molecule has 0 bridgehead atoms. The van der Waals surface area contributed by atoms with Gasteiger partial charge in [0.15, 0.2) is 5.34 Å². The largest absolute Gasteiger partial charge is 0.379 e. The van der Waals surface area contributed by atoms with Gasteiger partial charge in [-0.1, -0.05) is 0 Å². The van der Waals surface area contributed by atoms with Crippen LogP contribution in [0.5, 0.6) is 0 Å². The summed E-state index contributed by atoms with van der Waals surface area (Å²) in [7, 11) is 0. The molecular formula is C6H11NO5. The highest BCUT2D eigenvalue weighted by molar-refractivity contribution is 4.71. The zero-order valence-corrected chi connectivity index (χ0v) is 6.51. The van der Waals surface area contributed by atoms with Crippen molar-refractivity contribution in [3.63, 3.8) is 0 Å². The maximum Gasteiger partial charge on any atom is 0.152 e. The number of hydrogen-bond donors (Lipinski definition) is 1. The van der Waals surface area contributed by atoms with Gasteiger partial charge < -0.3 is 19.4 Å². The Morgan fingerprint density at radius 3 is 1.92 bits per heavy atom. The predicted octanol–water partition coefficient (Wildman–Crippen LogP) is -0.0574. The van der Waals surface area contributed by atoms with Crippen molar-refractivity contribution < 1.29 is 19.4 Å². The van der Waals surface area contributed by atoms with Gasteiger partial charge in [-0.2, -0.15) is 0 Å². The molecule has 2 unspecified atom stereocenters. The Morgan fingerprint density at radius 2 is 1.67 bits per heavy atom. The van der Waals surface area contributed by atoms with Crippen molar-refractivity contribution in [2.75, 3.05) is 26.4 Å². The molecule has 0 aromatic rings. The summed E-state index contributed by atoms with van der Waals surface area (Å²) in [6, 6.07) is 0. The van der Waals surface area contributed by atoms with Crippen LogP contribution in [-0.2, 0) is 14.2 Å². The van der Waals surface area contributed by atoms with Gasteiger partial charge in [0.05, 0.1) is 26.4 Å². The van der Waals surface area contributed by atoms with Crippen LogP contribution in [0.3, 0.4) is 0 Å². The molecule has 0 aliphatic carbocycles. The van der Waals surface area contributed by atoms with Gasteiger partial charge in [-0.3, -0.25) is 0 Å². The standard InChI is InChI=1S/C6H10O3.HNO2/c1(5-3-8-5)7-2-6-4-9-6;2-1-3/h5-6H,1-4H2;(H,2,3). The first-order valence-electron chi connectivity index (χ1n) is 3.64. The molecule has 0 aromatic heterocycles. The molecule has 2 aliphatic rings. The highest BCUT2D eigenvalue weighted by atomic mass is 16.6. The van der Waals surface area contributed by atoms with E-state index in [4.69, 9.17) is 24.3 Å². The van der Waals surface area contributed by atoms with Crippen LogP contribution in [0.4, 0.5) is 0 Å². The van der Waals surface area contributed by atoms with Gasteiger partial charge in [-0.05, 0) is 0 Å². The van der Waals surface area contributed by atoms with Crippen molar-refractivity contribution in [1.82, 2.24) is 0 Å². The molecule has 6 heteroatoms. The van der Waals surface area contributed by atoms with E-state index in [0.29, 0.717) is 12.2 Å². The Hall–Kier alpha value is -0.720. The molecule has 2 atom stereocenters. The molecule has 1 N–H and O–H groups in total. The first-order valence-corrected chi connectivity index (χ1v) is 3.64. The molecule has 0 amide bonds. The lowest BCUT2D eigenvalue weighted by molar-refractivity contribution is 0.102. The Labute approximate surface area is 69.3 Å². The minimum Gasteiger partial charge on any atom is -0.379 e. The lowest BCUT2D eigenvalue weighted by Crippen LogP contribution is -2.06. The van der Waals surface area contributed by atoms with Crippen molar-refractivity contribution in [2.45, 2.75) is 12.2 Å². The van der Waals surface area contributed by atoms with Gasteiger partial charge in [0.1, 0.15) is 12.2 Å². The highest BCUT2D eigenvalue weighted by Crippen LogP contribution is 2.12. The van der Waals surface area contributed by atoms with Gasteiger partial charge in [0.25, 0.3) is 0 Å². The number of hydrogen-bond acceptors (Lipinski definition) is 5. The van der Waals surface area contributed by atoms with E-state index < -0.39 is 0 Å². The third kappa shape index (κ3) is 5.00. The third-order valence-electron chi connectivity index (χ3n) is 1.41. The van der Waals surface area contributed by atoms with Gasteiger partial charge in [0, 0.05) is 0 Å². The van der Waals surface area contributed by atoms with Crippen molar-refractivity contribution >= 4 is 0 Å². The molecule has 6 nitrogen and oxygen atoms in total. The average molecular weight is 177 g/mol. The molecular weight excluding hydrogens is 166 g/mol. The van der Waals surface area contributed by atoms with Crippen molar-refractivity contribution in [3.8, 4) is 0 Å². The lowest BCUT2D eigenvalue weighted by Gasteiger charge is -1.95. The normalized spacial score (nSPS) is 30.0. The van der Waals surface area contributed by atoms with Crippen LogP contribution in [0.15, 0.2) is 5.34 Å². The Bertz CT molecular complexity index is 122. The van der Waals surface area contributed by atoms with Crippen LogP contribution in [0.1, 0.15) is 0 Å². The van der Waals surface area contributed by atoms with Crippen LogP contribution >= 0.6 is 0 Å². The third-order valence-corrected chi connectivity index (χ3v) is 1.41. The number of ether oxygens (including phenoxy) is 3. The SMILES string of the molecule is C(OCC1CO1)C1CO1.O=NO. The number of rotatable bonds is 4. The molecule has 2 heterocycles. The summed E-state index contributed by atoms with van der Waals surface area (Å²) < 4.78 is 15.1. The summed E-state index contributed by atoms with van der Waals surface area (Å²) in [6.07, 6.45) is 0.785. The molecule has 2 fully saturated rings. The van der Waals surface area contributed by atoms with Crippen LogP contribution in [0, 0.1) is 4.91 Å². The van der Waals surface area contributed by atoms with Crippen LogP contribution in [-0.4, -0.2) is 43.8 Å². The molecule has 0 saturated carbocycles. The van der Waals surface area contributed by atoms with E-state index in [2.05, 4.69) is 0 Å². The minimum absolute atomic E-state index is 0.392. The van der Waals surface area contributed by atoms with Crippen molar-refractivity contribution in [3.05, 3.63) is 4.91 Å². The van der Waals surface area contributed by atoms with Crippen molar-refractivity contribution in [1.29, 1.82) is 0 Å². The molecule has 0 radical (unpaired) electrons. The molecule has 70 valence electrons.